The molecule has 204 valence electrons. The lowest BCUT2D eigenvalue weighted by Crippen LogP contribution is -2.55. The first-order valence-electron chi connectivity index (χ1n) is 12.8. The number of aryl methyl sites for hydroxylation is 1. The molecule has 0 unspecified atom stereocenters. The summed E-state index contributed by atoms with van der Waals surface area (Å²) in [6.07, 6.45) is 4.27. The number of nitrogens with two attached hydrogens (primary N) is 1. The number of aromatic nitrogens is 3. The number of para-hydroxylation sites is 1. The Morgan fingerprint density at radius 3 is 2.62 bits per heavy atom. The lowest BCUT2D eigenvalue weighted by atomic mass is 10.0. The van der Waals surface area contributed by atoms with Crippen molar-refractivity contribution in [3.05, 3.63) is 54.9 Å². The molecule has 10 heteroatoms. The molecule has 4 aromatic rings. The zero-order valence-corrected chi connectivity index (χ0v) is 22.9. The topological polar surface area (TPSA) is 128 Å². The zero-order valence-electron chi connectivity index (χ0n) is 22.9. The van der Waals surface area contributed by atoms with Crippen LogP contribution in [0.15, 0.2) is 54.9 Å². The molecule has 1 aliphatic rings. The summed E-state index contributed by atoms with van der Waals surface area (Å²) < 4.78 is 13.8. The number of ether oxygens (including phenoxy) is 2. The highest BCUT2D eigenvalue weighted by atomic mass is 16.5. The molecule has 1 saturated carbocycles. The molecule has 4 N–H and O–H groups in total. The molecule has 0 atom stereocenters. The van der Waals surface area contributed by atoms with E-state index in [2.05, 4.69) is 33.2 Å². The average Bonchev–Trinajstić information content (AvgIpc) is 3.57. The number of carbonyl (C=O) groups is 1. The van der Waals surface area contributed by atoms with Gasteiger partial charge in [0.05, 0.1) is 29.7 Å². The van der Waals surface area contributed by atoms with E-state index < -0.39 is 17.2 Å². The minimum Gasteiger partial charge on any atom is -0.494 e. The number of amides is 1. The van der Waals surface area contributed by atoms with Gasteiger partial charge in [0.15, 0.2) is 0 Å². The molecule has 2 aromatic heterocycles. The summed E-state index contributed by atoms with van der Waals surface area (Å²) in [4.78, 5) is 22.6. The van der Waals surface area contributed by atoms with Crippen LogP contribution in [0.4, 0.5) is 22.1 Å². The first kappa shape index (κ1) is 26.1. The largest absolute Gasteiger partial charge is 0.494 e. The average molecular weight is 531 g/mol. The maximum absolute atomic E-state index is 12.0. The van der Waals surface area contributed by atoms with Crippen LogP contribution in [0.3, 0.4) is 0 Å². The molecule has 10 nitrogen and oxygen atoms in total. The number of methoxy groups -OCH3 is 1. The molecule has 1 amide bonds. The predicted molar refractivity (Wildman–Crippen MR) is 152 cm³/mol. The number of anilines is 3. The van der Waals surface area contributed by atoms with Crippen molar-refractivity contribution in [1.29, 1.82) is 0 Å². The van der Waals surface area contributed by atoms with Gasteiger partial charge in [-0.25, -0.2) is 14.8 Å². The highest BCUT2D eigenvalue weighted by molar-refractivity contribution is 5.95. The van der Waals surface area contributed by atoms with E-state index >= 15 is 0 Å². The van der Waals surface area contributed by atoms with Gasteiger partial charge >= 0.3 is 6.09 Å². The summed E-state index contributed by atoms with van der Waals surface area (Å²) in [7, 11) is 3.57. The van der Waals surface area contributed by atoms with Crippen molar-refractivity contribution in [3.8, 4) is 22.8 Å². The van der Waals surface area contributed by atoms with Crippen molar-refractivity contribution in [2.75, 3.05) is 24.8 Å². The maximum Gasteiger partial charge on any atom is 0.408 e. The van der Waals surface area contributed by atoms with Crippen LogP contribution in [0.5, 0.6) is 11.5 Å². The van der Waals surface area contributed by atoms with E-state index in [1.165, 1.54) is 4.90 Å². The minimum absolute atomic E-state index is 0.201. The van der Waals surface area contributed by atoms with Crippen LogP contribution in [-0.2, 0) is 7.05 Å². The number of carboxylic acid groups (broad SMARTS) is 1. The number of nitrogens with zero attached hydrogens (tertiary/aromatic N) is 4. The van der Waals surface area contributed by atoms with Gasteiger partial charge in [-0.05, 0) is 51.8 Å². The smallest absolute Gasteiger partial charge is 0.408 e. The first-order valence-corrected chi connectivity index (χ1v) is 12.8. The van der Waals surface area contributed by atoms with E-state index in [1.54, 1.807) is 25.4 Å². The lowest BCUT2D eigenvalue weighted by molar-refractivity contribution is 0.0401. The minimum atomic E-state index is -0.959. The van der Waals surface area contributed by atoms with Crippen molar-refractivity contribution in [2.24, 2.45) is 7.05 Å². The molecule has 5 rings (SSSR count). The Kier molecular flexibility index (Phi) is 6.49. The van der Waals surface area contributed by atoms with Crippen LogP contribution in [-0.4, -0.2) is 55.4 Å². The molecular formula is C29H34N6O4. The molecule has 1 fully saturated rings. The first-order chi connectivity index (χ1) is 18.5. The summed E-state index contributed by atoms with van der Waals surface area (Å²) in [6, 6.07) is 13.5. The Balaban J connectivity index is 1.38. The fourth-order valence-electron chi connectivity index (χ4n) is 5.19. The highest BCUT2D eigenvalue weighted by Crippen LogP contribution is 2.46. The monoisotopic (exact) mass is 530 g/mol. The van der Waals surface area contributed by atoms with Gasteiger partial charge in [-0.3, -0.25) is 4.90 Å². The van der Waals surface area contributed by atoms with Gasteiger partial charge in [0.25, 0.3) is 0 Å². The van der Waals surface area contributed by atoms with Gasteiger partial charge in [0.1, 0.15) is 18.1 Å². The lowest BCUT2D eigenvalue weighted by Gasteiger charge is -2.40. The Hall–Kier alpha value is -4.47. The van der Waals surface area contributed by atoms with Crippen molar-refractivity contribution in [3.63, 3.8) is 0 Å². The fraction of sp³-hybridized carbons (Fsp3) is 0.345. The summed E-state index contributed by atoms with van der Waals surface area (Å²) >= 11 is 0. The SMILES string of the molecule is COc1cc(OCC2(N(C(=O)O)C(C)(C)C)CC2)c(N)cc1Nc1nccc(-c2cn(C)c3ccccc23)n1. The van der Waals surface area contributed by atoms with Crippen LogP contribution in [0, 0.1) is 0 Å². The summed E-state index contributed by atoms with van der Waals surface area (Å²) in [5.41, 5.74) is 9.12. The Morgan fingerprint density at radius 2 is 1.95 bits per heavy atom. The van der Waals surface area contributed by atoms with Crippen LogP contribution in [0.25, 0.3) is 22.2 Å². The number of fused-ring (bicyclic) bond motifs is 1. The standard InChI is InChI=1S/C29H34N6O4/c1-28(2,3)35(27(36)37)29(11-12-29)17-39-24-15-25(38-5)22(14-20(24)30)33-26-31-13-10-21(32-26)19-16-34(4)23-9-7-6-8-18(19)23/h6-10,13-16H,11-12,17,30H2,1-5H3,(H,36,37)(H,31,32,33). The van der Waals surface area contributed by atoms with Gasteiger partial charge in [0.2, 0.25) is 5.95 Å². The second-order valence-corrected chi connectivity index (χ2v) is 11.0. The fourth-order valence-corrected chi connectivity index (χ4v) is 5.19. The van der Waals surface area contributed by atoms with E-state index in [0.717, 1.165) is 35.0 Å². The molecule has 39 heavy (non-hydrogen) atoms. The summed E-state index contributed by atoms with van der Waals surface area (Å²) in [5.74, 6) is 1.31. The van der Waals surface area contributed by atoms with E-state index in [4.69, 9.17) is 20.2 Å². The Bertz CT molecular complexity index is 1540. The van der Waals surface area contributed by atoms with Gasteiger partial charge in [0, 0.05) is 47.5 Å². The summed E-state index contributed by atoms with van der Waals surface area (Å²) in [5, 5.41) is 14.2. The van der Waals surface area contributed by atoms with E-state index in [-0.39, 0.29) is 6.61 Å². The Morgan fingerprint density at radius 1 is 1.21 bits per heavy atom. The van der Waals surface area contributed by atoms with Crippen LogP contribution in [0.2, 0.25) is 0 Å². The van der Waals surface area contributed by atoms with Crippen molar-refractivity contribution < 1.29 is 19.4 Å². The van der Waals surface area contributed by atoms with E-state index in [1.807, 2.05) is 46.0 Å². The third-order valence-corrected chi connectivity index (χ3v) is 7.07. The summed E-state index contributed by atoms with van der Waals surface area (Å²) in [6.45, 7) is 5.86. The second kappa shape index (κ2) is 9.68. The molecule has 2 aromatic carbocycles. The van der Waals surface area contributed by atoms with Crippen LogP contribution < -0.4 is 20.5 Å². The maximum atomic E-state index is 12.0. The molecule has 0 radical (unpaired) electrons. The number of nitrogen functional groups attached to an aromatic ring is 1. The molecule has 0 aliphatic heterocycles. The number of benzene rings is 2. The third kappa shape index (κ3) is 5.01. The van der Waals surface area contributed by atoms with Gasteiger partial charge in [-0.2, -0.15) is 0 Å². The Labute approximate surface area is 227 Å². The van der Waals surface area contributed by atoms with Gasteiger partial charge in [-0.1, -0.05) is 18.2 Å². The normalized spacial score (nSPS) is 14.2. The molecule has 0 saturated heterocycles. The number of hydrogen-bond acceptors (Lipinski definition) is 7. The van der Waals surface area contributed by atoms with Crippen molar-refractivity contribution in [1.82, 2.24) is 19.4 Å². The molecule has 0 bridgehead atoms. The molecule has 2 heterocycles. The van der Waals surface area contributed by atoms with Gasteiger partial charge < -0.3 is 30.2 Å². The van der Waals surface area contributed by atoms with Gasteiger partial charge in [-0.15, -0.1) is 0 Å². The number of rotatable bonds is 8. The quantitative estimate of drug-likeness (QED) is 0.249. The van der Waals surface area contributed by atoms with E-state index in [9.17, 15) is 9.90 Å². The number of nitrogens with one attached hydrogen (secondary N) is 1. The van der Waals surface area contributed by atoms with Crippen LogP contribution in [0.1, 0.15) is 33.6 Å². The second-order valence-electron chi connectivity index (χ2n) is 11.0. The number of hydrogen-bond donors (Lipinski definition) is 3. The van der Waals surface area contributed by atoms with Crippen molar-refractivity contribution >= 4 is 34.3 Å². The highest BCUT2D eigenvalue weighted by Gasteiger charge is 2.55. The predicted octanol–water partition coefficient (Wildman–Crippen LogP) is 5.66. The van der Waals surface area contributed by atoms with Crippen molar-refractivity contribution in [2.45, 2.75) is 44.7 Å². The molecular weight excluding hydrogens is 496 g/mol. The third-order valence-electron chi connectivity index (χ3n) is 7.07. The van der Waals surface area contributed by atoms with Crippen LogP contribution >= 0.6 is 0 Å². The van der Waals surface area contributed by atoms with E-state index in [0.29, 0.717) is 28.8 Å². The molecule has 1 aliphatic carbocycles. The zero-order chi connectivity index (χ0) is 27.9. The molecule has 0 spiro atoms.